The SMILES string of the molecule is O=c1[nH]cnc(N2CCC(Cc3ccccc3)CC2)c1Br. The smallest absolute Gasteiger partial charge is 0.267 e. The topological polar surface area (TPSA) is 49.0 Å². The van der Waals surface area contributed by atoms with Crippen molar-refractivity contribution in [1.29, 1.82) is 0 Å². The molecule has 0 unspecified atom stereocenters. The van der Waals surface area contributed by atoms with Gasteiger partial charge in [-0.25, -0.2) is 4.98 Å². The first-order chi connectivity index (χ1) is 10.2. The number of benzene rings is 1. The average Bonchev–Trinajstić information content (AvgIpc) is 2.52. The molecule has 110 valence electrons. The molecule has 1 N–H and O–H groups in total. The summed E-state index contributed by atoms with van der Waals surface area (Å²) in [4.78, 5) is 20.7. The summed E-state index contributed by atoms with van der Waals surface area (Å²) in [6, 6.07) is 10.6. The van der Waals surface area contributed by atoms with E-state index in [-0.39, 0.29) is 5.56 Å². The summed E-state index contributed by atoms with van der Waals surface area (Å²) in [5.74, 6) is 1.47. The molecule has 1 saturated heterocycles. The monoisotopic (exact) mass is 347 g/mol. The van der Waals surface area contributed by atoms with Crippen LogP contribution < -0.4 is 10.5 Å². The summed E-state index contributed by atoms with van der Waals surface area (Å²) < 4.78 is 0.534. The summed E-state index contributed by atoms with van der Waals surface area (Å²) in [6.07, 6.45) is 4.88. The molecule has 1 aromatic carbocycles. The molecule has 1 aliphatic rings. The molecule has 21 heavy (non-hydrogen) atoms. The van der Waals surface area contributed by atoms with Gasteiger partial charge in [0.25, 0.3) is 5.56 Å². The first-order valence-corrected chi connectivity index (χ1v) is 8.05. The Morgan fingerprint density at radius 3 is 2.67 bits per heavy atom. The van der Waals surface area contributed by atoms with Crippen LogP contribution in [0.3, 0.4) is 0 Å². The lowest BCUT2D eigenvalue weighted by atomic mass is 9.90. The van der Waals surface area contributed by atoms with Crippen molar-refractivity contribution in [2.24, 2.45) is 5.92 Å². The maximum Gasteiger partial charge on any atom is 0.267 e. The number of piperidine rings is 1. The molecule has 0 aliphatic carbocycles. The highest BCUT2D eigenvalue weighted by Crippen LogP contribution is 2.27. The second-order valence-corrected chi connectivity index (χ2v) is 6.28. The summed E-state index contributed by atoms with van der Waals surface area (Å²) >= 11 is 3.34. The normalized spacial score (nSPS) is 16.1. The van der Waals surface area contributed by atoms with Crippen LogP contribution in [0.2, 0.25) is 0 Å². The predicted molar refractivity (Wildman–Crippen MR) is 87.6 cm³/mol. The zero-order chi connectivity index (χ0) is 14.7. The molecule has 1 aromatic heterocycles. The number of nitrogens with one attached hydrogen (secondary N) is 1. The molecule has 5 heteroatoms. The lowest BCUT2D eigenvalue weighted by molar-refractivity contribution is 0.402. The third-order valence-corrected chi connectivity index (χ3v) is 4.77. The number of H-pyrrole nitrogens is 1. The standard InChI is InChI=1S/C16H18BrN3O/c17-14-15(18-11-19-16(14)21)20-8-6-13(7-9-20)10-12-4-2-1-3-5-12/h1-5,11,13H,6-10H2,(H,18,19,21). The van der Waals surface area contributed by atoms with Gasteiger partial charge in [-0.05, 0) is 46.7 Å². The fraction of sp³-hybridized carbons (Fsp3) is 0.375. The molecule has 4 nitrogen and oxygen atoms in total. The van der Waals surface area contributed by atoms with Crippen molar-refractivity contribution in [2.45, 2.75) is 19.3 Å². The molecule has 0 bridgehead atoms. The Bertz CT molecular complexity index is 648. The highest BCUT2D eigenvalue weighted by molar-refractivity contribution is 9.10. The number of anilines is 1. The van der Waals surface area contributed by atoms with E-state index in [1.165, 1.54) is 11.9 Å². The van der Waals surface area contributed by atoms with Crippen molar-refractivity contribution < 1.29 is 0 Å². The van der Waals surface area contributed by atoms with E-state index in [2.05, 4.69) is 61.1 Å². The van der Waals surface area contributed by atoms with Gasteiger partial charge in [-0.1, -0.05) is 30.3 Å². The zero-order valence-electron chi connectivity index (χ0n) is 11.8. The quantitative estimate of drug-likeness (QED) is 0.928. The van der Waals surface area contributed by atoms with Gasteiger partial charge in [0.1, 0.15) is 10.3 Å². The minimum Gasteiger partial charge on any atom is -0.355 e. The van der Waals surface area contributed by atoms with Gasteiger partial charge in [0.2, 0.25) is 0 Å². The fourth-order valence-electron chi connectivity index (χ4n) is 2.89. The van der Waals surface area contributed by atoms with E-state index in [0.29, 0.717) is 10.4 Å². The van der Waals surface area contributed by atoms with Gasteiger partial charge in [-0.15, -0.1) is 0 Å². The van der Waals surface area contributed by atoms with Crippen molar-refractivity contribution in [2.75, 3.05) is 18.0 Å². The van der Waals surface area contributed by atoms with Gasteiger partial charge in [0.05, 0.1) is 6.33 Å². The van der Waals surface area contributed by atoms with Crippen molar-refractivity contribution in [3.63, 3.8) is 0 Å². The highest BCUT2D eigenvalue weighted by atomic mass is 79.9. The molecule has 0 amide bonds. The second kappa shape index (κ2) is 6.43. The van der Waals surface area contributed by atoms with Crippen LogP contribution in [0, 0.1) is 5.92 Å². The molecule has 0 radical (unpaired) electrons. The molecule has 0 atom stereocenters. The fourth-order valence-corrected chi connectivity index (χ4v) is 3.36. The Kier molecular flexibility index (Phi) is 4.39. The molecule has 2 heterocycles. The summed E-state index contributed by atoms with van der Waals surface area (Å²) in [5.41, 5.74) is 1.29. The Balaban J connectivity index is 1.63. The maximum atomic E-state index is 11.6. The number of rotatable bonds is 3. The largest absolute Gasteiger partial charge is 0.355 e. The van der Waals surface area contributed by atoms with Gasteiger partial charge in [0, 0.05) is 13.1 Å². The number of aromatic nitrogens is 2. The first-order valence-electron chi connectivity index (χ1n) is 7.26. The Labute approximate surface area is 132 Å². The van der Waals surface area contributed by atoms with Crippen LogP contribution in [0.25, 0.3) is 0 Å². The lowest BCUT2D eigenvalue weighted by Crippen LogP contribution is -2.36. The highest BCUT2D eigenvalue weighted by Gasteiger charge is 2.22. The van der Waals surface area contributed by atoms with Gasteiger partial charge in [-0.2, -0.15) is 0 Å². The van der Waals surface area contributed by atoms with Crippen LogP contribution in [-0.2, 0) is 6.42 Å². The average molecular weight is 348 g/mol. The molecular weight excluding hydrogens is 330 g/mol. The van der Waals surface area contributed by atoms with Crippen LogP contribution in [-0.4, -0.2) is 23.1 Å². The van der Waals surface area contributed by atoms with Crippen molar-refractivity contribution in [3.05, 3.63) is 57.0 Å². The number of aromatic amines is 1. The molecule has 2 aromatic rings. The lowest BCUT2D eigenvalue weighted by Gasteiger charge is -2.33. The minimum atomic E-state index is -0.119. The van der Waals surface area contributed by atoms with Gasteiger partial charge < -0.3 is 9.88 Å². The van der Waals surface area contributed by atoms with E-state index >= 15 is 0 Å². The van der Waals surface area contributed by atoms with E-state index in [1.807, 2.05) is 0 Å². The zero-order valence-corrected chi connectivity index (χ0v) is 13.3. The van der Waals surface area contributed by atoms with Crippen LogP contribution in [0.1, 0.15) is 18.4 Å². The Morgan fingerprint density at radius 1 is 1.24 bits per heavy atom. The van der Waals surface area contributed by atoms with E-state index < -0.39 is 0 Å². The number of hydrogen-bond acceptors (Lipinski definition) is 3. The van der Waals surface area contributed by atoms with Gasteiger partial charge >= 0.3 is 0 Å². The Hall–Kier alpha value is -1.62. The molecule has 1 fully saturated rings. The van der Waals surface area contributed by atoms with E-state index in [9.17, 15) is 4.79 Å². The van der Waals surface area contributed by atoms with Crippen molar-refractivity contribution >= 4 is 21.7 Å². The van der Waals surface area contributed by atoms with Gasteiger partial charge in [0.15, 0.2) is 0 Å². The van der Waals surface area contributed by atoms with Gasteiger partial charge in [-0.3, -0.25) is 4.79 Å². The van der Waals surface area contributed by atoms with Crippen LogP contribution in [0.4, 0.5) is 5.82 Å². The predicted octanol–water partition coefficient (Wildman–Crippen LogP) is 2.99. The van der Waals surface area contributed by atoms with Crippen molar-refractivity contribution in [3.8, 4) is 0 Å². The third kappa shape index (κ3) is 3.35. The summed E-state index contributed by atoms with van der Waals surface area (Å²) in [7, 11) is 0. The summed E-state index contributed by atoms with van der Waals surface area (Å²) in [5, 5.41) is 0. The number of nitrogens with zero attached hydrogens (tertiary/aromatic N) is 2. The maximum absolute atomic E-state index is 11.6. The first kappa shape index (κ1) is 14.3. The van der Waals surface area contributed by atoms with E-state index in [4.69, 9.17) is 0 Å². The second-order valence-electron chi connectivity index (χ2n) is 5.49. The minimum absolute atomic E-state index is 0.119. The van der Waals surface area contributed by atoms with E-state index in [1.54, 1.807) is 0 Å². The molecule has 0 saturated carbocycles. The Morgan fingerprint density at radius 2 is 1.95 bits per heavy atom. The molecule has 3 rings (SSSR count). The van der Waals surface area contributed by atoms with Crippen LogP contribution in [0.15, 0.2) is 45.9 Å². The van der Waals surface area contributed by atoms with Crippen LogP contribution >= 0.6 is 15.9 Å². The third-order valence-electron chi connectivity index (χ3n) is 4.06. The molecular formula is C16H18BrN3O. The summed E-state index contributed by atoms with van der Waals surface area (Å²) in [6.45, 7) is 1.90. The number of halogens is 1. The van der Waals surface area contributed by atoms with Crippen molar-refractivity contribution in [1.82, 2.24) is 9.97 Å². The van der Waals surface area contributed by atoms with Crippen LogP contribution in [0.5, 0.6) is 0 Å². The van der Waals surface area contributed by atoms with E-state index in [0.717, 1.165) is 38.2 Å². The molecule has 1 aliphatic heterocycles. The number of hydrogen-bond donors (Lipinski definition) is 1. The molecule has 0 spiro atoms.